The summed E-state index contributed by atoms with van der Waals surface area (Å²) in [4.78, 5) is 13.7. The van der Waals surface area contributed by atoms with Gasteiger partial charge in [0.15, 0.2) is 0 Å². The molecule has 1 aliphatic heterocycles. The molecule has 2 nitrogen and oxygen atoms in total. The molecule has 0 aromatic heterocycles. The lowest BCUT2D eigenvalue weighted by molar-refractivity contribution is -0.115. The molecule has 0 bridgehead atoms. The van der Waals surface area contributed by atoms with Crippen molar-refractivity contribution in [2.24, 2.45) is 0 Å². The van der Waals surface area contributed by atoms with E-state index in [4.69, 9.17) is 23.2 Å². The van der Waals surface area contributed by atoms with Crippen LogP contribution in [0.1, 0.15) is 10.9 Å². The second-order valence-corrected chi connectivity index (χ2v) is 6.46. The molecule has 0 radical (unpaired) electrons. The summed E-state index contributed by atoms with van der Waals surface area (Å²) in [7, 11) is 0. The predicted molar refractivity (Wildman–Crippen MR) is 85.5 cm³/mol. The maximum Gasteiger partial charge on any atom is 0.238 e. The molecule has 21 heavy (non-hydrogen) atoms. The molecule has 1 fully saturated rings. The Bertz CT molecular complexity index is 710. The van der Waals surface area contributed by atoms with Gasteiger partial charge in [-0.25, -0.2) is 4.39 Å². The van der Waals surface area contributed by atoms with E-state index in [0.717, 1.165) is 5.56 Å². The molecule has 0 saturated carbocycles. The zero-order valence-electron chi connectivity index (χ0n) is 10.7. The summed E-state index contributed by atoms with van der Waals surface area (Å²) in [5, 5.41) is 0.675. The van der Waals surface area contributed by atoms with Gasteiger partial charge in [-0.2, -0.15) is 0 Å². The molecular formula is C15H10Cl2FNOS. The van der Waals surface area contributed by atoms with Gasteiger partial charge in [0.25, 0.3) is 0 Å². The summed E-state index contributed by atoms with van der Waals surface area (Å²) in [6.07, 6.45) is 0. The molecule has 0 aliphatic carbocycles. The lowest BCUT2D eigenvalue weighted by atomic mass is 10.2. The maximum atomic E-state index is 13.4. The Morgan fingerprint density at radius 1 is 1.14 bits per heavy atom. The van der Waals surface area contributed by atoms with Crippen molar-refractivity contribution in [2.75, 3.05) is 10.7 Å². The van der Waals surface area contributed by atoms with E-state index in [1.165, 1.54) is 23.9 Å². The first-order chi connectivity index (χ1) is 10.1. The van der Waals surface area contributed by atoms with Crippen LogP contribution >= 0.6 is 35.0 Å². The number of hydrogen-bond acceptors (Lipinski definition) is 2. The first-order valence-corrected chi connectivity index (χ1v) is 8.01. The lowest BCUT2D eigenvalue weighted by Crippen LogP contribution is -2.27. The minimum Gasteiger partial charge on any atom is -0.295 e. The van der Waals surface area contributed by atoms with E-state index in [9.17, 15) is 9.18 Å². The fraction of sp³-hybridized carbons (Fsp3) is 0.133. The first-order valence-electron chi connectivity index (χ1n) is 6.20. The van der Waals surface area contributed by atoms with Crippen LogP contribution in [0.25, 0.3) is 0 Å². The number of hydrogen-bond donors (Lipinski definition) is 0. The molecule has 1 unspecified atom stereocenters. The van der Waals surface area contributed by atoms with E-state index in [1.807, 2.05) is 6.07 Å². The minimum atomic E-state index is -0.370. The Balaban J connectivity index is 2.01. The average Bonchev–Trinajstić information content (AvgIpc) is 2.84. The van der Waals surface area contributed by atoms with Crippen molar-refractivity contribution in [3.05, 3.63) is 63.9 Å². The fourth-order valence-corrected chi connectivity index (χ4v) is 3.72. The number of anilines is 1. The van der Waals surface area contributed by atoms with Gasteiger partial charge in [-0.15, -0.1) is 11.8 Å². The van der Waals surface area contributed by atoms with E-state index >= 15 is 0 Å². The van der Waals surface area contributed by atoms with Crippen molar-refractivity contribution >= 4 is 46.6 Å². The van der Waals surface area contributed by atoms with Crippen molar-refractivity contribution in [3.8, 4) is 0 Å². The average molecular weight is 342 g/mol. The molecule has 3 rings (SSSR count). The molecule has 0 N–H and O–H groups in total. The van der Waals surface area contributed by atoms with Gasteiger partial charge in [-0.1, -0.05) is 35.3 Å². The highest BCUT2D eigenvalue weighted by Gasteiger charge is 2.34. The Labute approximate surface area is 135 Å². The smallest absolute Gasteiger partial charge is 0.238 e. The van der Waals surface area contributed by atoms with Crippen molar-refractivity contribution in [1.82, 2.24) is 0 Å². The largest absolute Gasteiger partial charge is 0.295 e. The molecule has 1 amide bonds. The van der Waals surface area contributed by atoms with E-state index in [-0.39, 0.29) is 17.1 Å². The topological polar surface area (TPSA) is 20.3 Å². The molecule has 1 saturated heterocycles. The highest BCUT2D eigenvalue weighted by atomic mass is 35.5. The van der Waals surface area contributed by atoms with Crippen LogP contribution in [-0.4, -0.2) is 11.7 Å². The minimum absolute atomic E-state index is 0.0540. The molecule has 1 atom stereocenters. The summed E-state index contributed by atoms with van der Waals surface area (Å²) in [5.41, 5.74) is 1.41. The zero-order valence-corrected chi connectivity index (χ0v) is 13.1. The summed E-state index contributed by atoms with van der Waals surface area (Å²) in [6, 6.07) is 11.3. The molecule has 1 heterocycles. The van der Waals surface area contributed by atoms with Crippen LogP contribution in [-0.2, 0) is 4.79 Å². The van der Waals surface area contributed by atoms with Gasteiger partial charge in [0.05, 0.1) is 15.8 Å². The van der Waals surface area contributed by atoms with Crippen LogP contribution in [0.5, 0.6) is 0 Å². The van der Waals surface area contributed by atoms with Gasteiger partial charge in [0.1, 0.15) is 11.2 Å². The number of benzene rings is 2. The maximum absolute atomic E-state index is 13.4. The third kappa shape index (κ3) is 2.89. The van der Waals surface area contributed by atoms with Crippen molar-refractivity contribution in [3.63, 3.8) is 0 Å². The molecule has 1 aliphatic rings. The van der Waals surface area contributed by atoms with Gasteiger partial charge in [-0.05, 0) is 35.9 Å². The van der Waals surface area contributed by atoms with Gasteiger partial charge < -0.3 is 0 Å². The van der Waals surface area contributed by atoms with Crippen molar-refractivity contribution < 1.29 is 9.18 Å². The van der Waals surface area contributed by atoms with Crippen LogP contribution in [0, 0.1) is 5.82 Å². The molecule has 108 valence electrons. The van der Waals surface area contributed by atoms with Gasteiger partial charge in [0.2, 0.25) is 5.91 Å². The van der Waals surface area contributed by atoms with Crippen molar-refractivity contribution in [1.29, 1.82) is 0 Å². The third-order valence-electron chi connectivity index (χ3n) is 3.18. The quantitative estimate of drug-likeness (QED) is 0.773. The van der Waals surface area contributed by atoms with Gasteiger partial charge >= 0.3 is 0 Å². The van der Waals surface area contributed by atoms with Crippen LogP contribution in [0.2, 0.25) is 10.0 Å². The number of carbonyl (C=O) groups excluding carboxylic acids is 1. The first kappa shape index (κ1) is 14.7. The second kappa shape index (κ2) is 5.87. The lowest BCUT2D eigenvalue weighted by Gasteiger charge is -2.24. The SMILES string of the molecule is O=C1CSC(c2ccc(Cl)c(Cl)c2)N1c1cccc(F)c1. The number of nitrogens with zero attached hydrogens (tertiary/aromatic N) is 1. The number of amides is 1. The predicted octanol–water partition coefficient (Wildman–Crippen LogP) is 4.91. The monoisotopic (exact) mass is 341 g/mol. The van der Waals surface area contributed by atoms with E-state index < -0.39 is 0 Å². The number of rotatable bonds is 2. The third-order valence-corrected chi connectivity index (χ3v) is 5.13. The van der Waals surface area contributed by atoms with Gasteiger partial charge in [-0.3, -0.25) is 9.69 Å². The summed E-state index contributed by atoms with van der Waals surface area (Å²) >= 11 is 13.4. The van der Waals surface area contributed by atoms with E-state index in [1.54, 1.807) is 29.2 Å². The Kier molecular flexibility index (Phi) is 4.11. The van der Waals surface area contributed by atoms with Crippen LogP contribution in [0.4, 0.5) is 10.1 Å². The second-order valence-electron chi connectivity index (χ2n) is 4.58. The van der Waals surface area contributed by atoms with Crippen LogP contribution in [0.15, 0.2) is 42.5 Å². The summed E-state index contributed by atoms with van der Waals surface area (Å²) in [6.45, 7) is 0. The highest BCUT2D eigenvalue weighted by Crippen LogP contribution is 2.43. The Hall–Kier alpha value is -1.23. The summed E-state index contributed by atoms with van der Waals surface area (Å²) in [5.74, 6) is -0.0757. The van der Waals surface area contributed by atoms with Crippen LogP contribution < -0.4 is 4.90 Å². The normalized spacial score (nSPS) is 18.3. The number of halogens is 3. The highest BCUT2D eigenvalue weighted by molar-refractivity contribution is 8.00. The standard InChI is InChI=1S/C15H10Cl2FNOS/c16-12-5-4-9(6-13(12)17)15-19(14(20)8-21-15)11-3-1-2-10(18)7-11/h1-7,15H,8H2. The molecule has 2 aromatic rings. The molecule has 0 spiro atoms. The summed E-state index contributed by atoms with van der Waals surface area (Å²) < 4.78 is 13.4. The molecular weight excluding hydrogens is 332 g/mol. The van der Waals surface area contributed by atoms with Crippen LogP contribution in [0.3, 0.4) is 0 Å². The number of carbonyl (C=O) groups is 1. The Morgan fingerprint density at radius 3 is 2.67 bits per heavy atom. The molecule has 2 aromatic carbocycles. The van der Waals surface area contributed by atoms with E-state index in [2.05, 4.69) is 0 Å². The Morgan fingerprint density at radius 2 is 1.95 bits per heavy atom. The fourth-order valence-electron chi connectivity index (χ4n) is 2.24. The van der Waals surface area contributed by atoms with Gasteiger partial charge in [0, 0.05) is 5.69 Å². The zero-order chi connectivity index (χ0) is 15.0. The molecule has 6 heteroatoms. The van der Waals surface area contributed by atoms with E-state index in [0.29, 0.717) is 21.5 Å². The van der Waals surface area contributed by atoms with Crippen molar-refractivity contribution in [2.45, 2.75) is 5.37 Å². The number of thioether (sulfide) groups is 1.